The zero-order valence-corrected chi connectivity index (χ0v) is 10.7. The third-order valence-electron chi connectivity index (χ3n) is 2.98. The fraction of sp³-hybridized carbons (Fsp3) is 0.312. The molecule has 88 valence electrons. The molecule has 0 aliphatic carbocycles. The van der Waals surface area contributed by atoms with Crippen LogP contribution in [0, 0.1) is 5.41 Å². The molecule has 1 heterocycles. The van der Waals surface area contributed by atoms with Crippen molar-refractivity contribution in [2.45, 2.75) is 26.7 Å². The van der Waals surface area contributed by atoms with Gasteiger partial charge in [-0.25, -0.2) is 0 Å². The van der Waals surface area contributed by atoms with E-state index in [0.29, 0.717) is 5.92 Å². The van der Waals surface area contributed by atoms with Crippen LogP contribution < -0.4 is 0 Å². The number of benzene rings is 1. The Morgan fingerprint density at radius 3 is 2.06 bits per heavy atom. The van der Waals surface area contributed by atoms with Crippen molar-refractivity contribution < 1.29 is 0 Å². The first-order valence-electron chi connectivity index (χ1n) is 6.05. The molecule has 0 amide bonds. The average Bonchev–Trinajstić information content (AvgIpc) is 2.30. The summed E-state index contributed by atoms with van der Waals surface area (Å²) in [6, 6.07) is 16.8. The van der Waals surface area contributed by atoms with Gasteiger partial charge < -0.3 is 0 Å². The molecule has 1 heteroatoms. The quantitative estimate of drug-likeness (QED) is 0.744. The van der Waals surface area contributed by atoms with Crippen LogP contribution in [0.4, 0.5) is 0 Å². The molecule has 1 atom stereocenters. The molecule has 0 bridgehead atoms. The minimum atomic E-state index is 0.162. The van der Waals surface area contributed by atoms with E-state index >= 15 is 0 Å². The zero-order valence-electron chi connectivity index (χ0n) is 10.7. The van der Waals surface area contributed by atoms with Gasteiger partial charge in [0.25, 0.3) is 0 Å². The highest BCUT2D eigenvalue weighted by Gasteiger charge is 2.28. The summed E-state index contributed by atoms with van der Waals surface area (Å²) in [5.74, 6) is 0.338. The second-order valence-corrected chi connectivity index (χ2v) is 5.46. The number of hydrogen-bond acceptors (Lipinski definition) is 1. The van der Waals surface area contributed by atoms with Crippen LogP contribution in [0.5, 0.6) is 0 Å². The molecule has 0 fully saturated rings. The van der Waals surface area contributed by atoms with Crippen LogP contribution in [0.2, 0.25) is 0 Å². The Kier molecular flexibility index (Phi) is 3.28. The molecule has 0 aliphatic rings. The molecule has 2 aromatic rings. The summed E-state index contributed by atoms with van der Waals surface area (Å²) in [5.41, 5.74) is 2.64. The minimum absolute atomic E-state index is 0.162. The summed E-state index contributed by atoms with van der Waals surface area (Å²) < 4.78 is 0. The average molecular weight is 225 g/mol. The molecule has 1 nitrogen and oxygen atoms in total. The predicted octanol–water partition coefficient (Wildman–Crippen LogP) is 4.26. The van der Waals surface area contributed by atoms with Gasteiger partial charge in [0, 0.05) is 17.8 Å². The van der Waals surface area contributed by atoms with E-state index in [9.17, 15) is 0 Å². The van der Waals surface area contributed by atoms with Crippen molar-refractivity contribution >= 4 is 0 Å². The van der Waals surface area contributed by atoms with Gasteiger partial charge in [0.1, 0.15) is 0 Å². The summed E-state index contributed by atoms with van der Waals surface area (Å²) in [4.78, 5) is 4.52. The molecule has 0 saturated carbocycles. The first kappa shape index (κ1) is 11.8. The molecular formula is C16H19N. The lowest BCUT2D eigenvalue weighted by molar-refractivity contribution is 0.353. The molecule has 1 aromatic heterocycles. The summed E-state index contributed by atoms with van der Waals surface area (Å²) in [5, 5.41) is 0. The topological polar surface area (TPSA) is 12.9 Å². The smallest absolute Gasteiger partial charge is 0.0483 e. The maximum atomic E-state index is 4.52. The van der Waals surface area contributed by atoms with Crippen LogP contribution in [0.3, 0.4) is 0 Å². The minimum Gasteiger partial charge on any atom is -0.261 e. The number of aromatic nitrogens is 1. The molecule has 0 saturated heterocycles. The Morgan fingerprint density at radius 1 is 0.882 bits per heavy atom. The van der Waals surface area contributed by atoms with Gasteiger partial charge in [-0.1, -0.05) is 57.2 Å². The monoisotopic (exact) mass is 225 g/mol. The molecule has 0 N–H and O–H groups in total. The summed E-state index contributed by atoms with van der Waals surface area (Å²) >= 11 is 0. The van der Waals surface area contributed by atoms with Crippen molar-refractivity contribution in [2.24, 2.45) is 5.41 Å². The van der Waals surface area contributed by atoms with Crippen molar-refractivity contribution in [1.29, 1.82) is 0 Å². The molecular weight excluding hydrogens is 206 g/mol. The van der Waals surface area contributed by atoms with E-state index in [-0.39, 0.29) is 5.41 Å². The fourth-order valence-corrected chi connectivity index (χ4v) is 2.31. The fourth-order valence-electron chi connectivity index (χ4n) is 2.31. The highest BCUT2D eigenvalue weighted by molar-refractivity contribution is 5.30. The summed E-state index contributed by atoms with van der Waals surface area (Å²) in [6.45, 7) is 6.79. The van der Waals surface area contributed by atoms with E-state index in [0.717, 1.165) is 5.69 Å². The number of nitrogens with zero attached hydrogens (tertiary/aromatic N) is 1. The van der Waals surface area contributed by atoms with E-state index in [1.165, 1.54) is 5.56 Å². The van der Waals surface area contributed by atoms with E-state index in [4.69, 9.17) is 0 Å². The zero-order chi connectivity index (χ0) is 12.3. The van der Waals surface area contributed by atoms with Crippen LogP contribution in [0.25, 0.3) is 0 Å². The maximum Gasteiger partial charge on any atom is 0.0483 e. The van der Waals surface area contributed by atoms with Gasteiger partial charge in [0.15, 0.2) is 0 Å². The lowest BCUT2D eigenvalue weighted by atomic mass is 9.74. The van der Waals surface area contributed by atoms with E-state index < -0.39 is 0 Å². The second kappa shape index (κ2) is 4.70. The molecule has 17 heavy (non-hydrogen) atoms. The molecule has 2 rings (SSSR count). The van der Waals surface area contributed by atoms with Crippen molar-refractivity contribution in [3.8, 4) is 0 Å². The Labute approximate surface area is 104 Å². The first-order chi connectivity index (χ1) is 8.09. The third-order valence-corrected chi connectivity index (χ3v) is 2.98. The highest BCUT2D eigenvalue weighted by Crippen LogP contribution is 2.39. The first-order valence-corrected chi connectivity index (χ1v) is 6.05. The van der Waals surface area contributed by atoms with E-state index in [1.807, 2.05) is 12.3 Å². The summed E-state index contributed by atoms with van der Waals surface area (Å²) in [6.07, 6.45) is 1.87. The largest absolute Gasteiger partial charge is 0.261 e. The molecule has 0 spiro atoms. The van der Waals surface area contributed by atoms with Crippen molar-refractivity contribution in [3.05, 3.63) is 66.0 Å². The Bertz CT molecular complexity index is 414. The second-order valence-electron chi connectivity index (χ2n) is 5.46. The molecule has 0 radical (unpaired) electrons. The van der Waals surface area contributed by atoms with Crippen molar-refractivity contribution in [3.63, 3.8) is 0 Å². The normalized spacial score (nSPS) is 13.4. The van der Waals surface area contributed by atoms with E-state index in [1.54, 1.807) is 0 Å². The van der Waals surface area contributed by atoms with Crippen molar-refractivity contribution in [2.75, 3.05) is 0 Å². The van der Waals surface area contributed by atoms with Crippen LogP contribution in [0.1, 0.15) is 37.9 Å². The van der Waals surface area contributed by atoms with Gasteiger partial charge in [-0.3, -0.25) is 4.98 Å². The predicted molar refractivity (Wildman–Crippen MR) is 72.0 cm³/mol. The van der Waals surface area contributed by atoms with Crippen molar-refractivity contribution in [1.82, 2.24) is 4.98 Å². The lowest BCUT2D eigenvalue weighted by Gasteiger charge is -2.30. The van der Waals surface area contributed by atoms with Crippen LogP contribution in [0.15, 0.2) is 54.7 Å². The maximum absolute atomic E-state index is 4.52. The number of hydrogen-bond donors (Lipinski definition) is 0. The molecule has 0 unspecified atom stereocenters. The lowest BCUT2D eigenvalue weighted by Crippen LogP contribution is -2.20. The molecule has 1 aromatic carbocycles. The highest BCUT2D eigenvalue weighted by atomic mass is 14.7. The third kappa shape index (κ3) is 2.73. The standard InChI is InChI=1S/C16H19N/c1-16(2,3)15(13-9-5-4-6-10-13)14-11-7-8-12-17-14/h4-12,15H,1-3H3/t15-/m0/s1. The van der Waals surface area contributed by atoms with Gasteiger partial charge in [-0.05, 0) is 23.1 Å². The van der Waals surface area contributed by atoms with Gasteiger partial charge in [0.05, 0.1) is 0 Å². The number of pyridine rings is 1. The Morgan fingerprint density at radius 2 is 1.53 bits per heavy atom. The van der Waals surface area contributed by atoms with Gasteiger partial charge in [0.2, 0.25) is 0 Å². The van der Waals surface area contributed by atoms with Gasteiger partial charge in [-0.15, -0.1) is 0 Å². The van der Waals surface area contributed by atoms with Crippen LogP contribution in [-0.2, 0) is 0 Å². The molecule has 0 aliphatic heterocycles. The Hall–Kier alpha value is -1.63. The summed E-state index contributed by atoms with van der Waals surface area (Å²) in [7, 11) is 0. The SMILES string of the molecule is CC(C)(C)[C@@H](c1ccccc1)c1ccccn1. The van der Waals surface area contributed by atoms with E-state index in [2.05, 4.69) is 68.2 Å². The van der Waals surface area contributed by atoms with Gasteiger partial charge >= 0.3 is 0 Å². The Balaban J connectivity index is 2.48. The number of rotatable bonds is 2. The van der Waals surface area contributed by atoms with Gasteiger partial charge in [-0.2, -0.15) is 0 Å². The van der Waals surface area contributed by atoms with Crippen LogP contribution >= 0.6 is 0 Å². The van der Waals surface area contributed by atoms with Crippen LogP contribution in [-0.4, -0.2) is 4.98 Å².